The van der Waals surface area contributed by atoms with Crippen LogP contribution >= 0.6 is 0 Å². The summed E-state index contributed by atoms with van der Waals surface area (Å²) in [7, 11) is 0. The smallest absolute Gasteiger partial charge is 0.220 e. The van der Waals surface area contributed by atoms with E-state index in [4.69, 9.17) is 18.9 Å². The number of rotatable bonds is 40. The number of hydrogen-bond acceptors (Lipinski definition) is 13. The van der Waals surface area contributed by atoms with E-state index in [1.54, 1.807) is 6.08 Å². The molecule has 2 fully saturated rings. The van der Waals surface area contributed by atoms with Gasteiger partial charge in [0.05, 0.1) is 32.0 Å². The normalized spacial score (nSPS) is 27.1. The van der Waals surface area contributed by atoms with Crippen LogP contribution in [0.3, 0.4) is 0 Å². The Hall–Kier alpha value is -1.79. The van der Waals surface area contributed by atoms with Crippen LogP contribution in [-0.4, -0.2) is 140 Å². The zero-order chi connectivity index (χ0) is 48.2. The van der Waals surface area contributed by atoms with E-state index in [2.05, 4.69) is 43.5 Å². The highest BCUT2D eigenvalue weighted by Crippen LogP contribution is 2.30. The van der Waals surface area contributed by atoms with Crippen molar-refractivity contribution in [1.82, 2.24) is 5.32 Å². The van der Waals surface area contributed by atoms with Gasteiger partial charge in [0.25, 0.3) is 0 Å². The van der Waals surface area contributed by atoms with Crippen LogP contribution in [-0.2, 0) is 23.7 Å². The third-order valence-electron chi connectivity index (χ3n) is 12.8. The van der Waals surface area contributed by atoms with Crippen LogP contribution in [0.15, 0.2) is 36.5 Å². The van der Waals surface area contributed by atoms with Gasteiger partial charge in [0.1, 0.15) is 48.8 Å². The first-order valence-corrected chi connectivity index (χ1v) is 26.2. The molecule has 2 heterocycles. The largest absolute Gasteiger partial charge is 0.394 e. The first-order valence-electron chi connectivity index (χ1n) is 26.2. The third kappa shape index (κ3) is 25.7. The summed E-state index contributed by atoms with van der Waals surface area (Å²) in [5, 5.41) is 86.7. The van der Waals surface area contributed by atoms with Crippen LogP contribution in [0.1, 0.15) is 194 Å². The van der Waals surface area contributed by atoms with Crippen molar-refractivity contribution in [2.45, 2.75) is 267 Å². The second-order valence-corrected chi connectivity index (χ2v) is 18.6. The van der Waals surface area contributed by atoms with Gasteiger partial charge in [0, 0.05) is 6.42 Å². The van der Waals surface area contributed by atoms with Gasteiger partial charge < -0.3 is 65.1 Å². The molecule has 2 aliphatic heterocycles. The van der Waals surface area contributed by atoms with E-state index < -0.39 is 86.8 Å². The molecule has 66 heavy (non-hydrogen) atoms. The molecule has 14 nitrogen and oxygen atoms in total. The number of ether oxygens (including phenoxy) is 4. The van der Waals surface area contributed by atoms with Crippen LogP contribution in [0, 0.1) is 0 Å². The lowest BCUT2D eigenvalue weighted by atomic mass is 9.97. The first-order chi connectivity index (χ1) is 32.1. The van der Waals surface area contributed by atoms with Crippen LogP contribution < -0.4 is 5.32 Å². The number of nitrogens with one attached hydrogen (secondary N) is 1. The monoisotopic (exact) mass is 942 g/mol. The molecule has 2 aliphatic rings. The topological polar surface area (TPSA) is 228 Å². The molecular weight excluding hydrogens is 847 g/mol. The van der Waals surface area contributed by atoms with Crippen LogP contribution in [0.5, 0.6) is 0 Å². The Morgan fingerprint density at radius 3 is 1.53 bits per heavy atom. The summed E-state index contributed by atoms with van der Waals surface area (Å²) < 4.78 is 22.7. The predicted octanol–water partition coefficient (Wildman–Crippen LogP) is 7.10. The Morgan fingerprint density at radius 2 is 0.985 bits per heavy atom. The van der Waals surface area contributed by atoms with Gasteiger partial charge in [-0.25, -0.2) is 0 Å². The Labute approximate surface area is 398 Å². The number of carbonyl (C=O) groups excluding carboxylic acids is 1. The van der Waals surface area contributed by atoms with Gasteiger partial charge in [0.2, 0.25) is 5.91 Å². The van der Waals surface area contributed by atoms with Gasteiger partial charge in [-0.05, 0) is 51.4 Å². The molecule has 0 aliphatic carbocycles. The lowest BCUT2D eigenvalue weighted by Gasteiger charge is -2.46. The third-order valence-corrected chi connectivity index (χ3v) is 12.8. The molecule has 2 rings (SSSR count). The summed E-state index contributed by atoms with van der Waals surface area (Å²) in [4.78, 5) is 13.1. The van der Waals surface area contributed by atoms with Crippen molar-refractivity contribution in [2.75, 3.05) is 19.8 Å². The number of unbranched alkanes of at least 4 members (excludes halogenated alkanes) is 23. The van der Waals surface area contributed by atoms with Crippen LogP contribution in [0.4, 0.5) is 0 Å². The van der Waals surface area contributed by atoms with Gasteiger partial charge in [0.15, 0.2) is 12.6 Å². The molecule has 2 saturated heterocycles. The fourth-order valence-corrected chi connectivity index (χ4v) is 8.46. The molecule has 14 heteroatoms. The maximum Gasteiger partial charge on any atom is 0.220 e. The fraction of sp³-hybridized carbons (Fsp3) is 0.865. The minimum atomic E-state index is -1.79. The van der Waals surface area contributed by atoms with E-state index in [1.165, 1.54) is 109 Å². The highest BCUT2D eigenvalue weighted by Gasteiger charge is 2.51. The van der Waals surface area contributed by atoms with Crippen molar-refractivity contribution in [3.63, 3.8) is 0 Å². The maximum atomic E-state index is 13.1. The Bertz CT molecular complexity index is 1250. The highest BCUT2D eigenvalue weighted by atomic mass is 16.7. The van der Waals surface area contributed by atoms with Crippen molar-refractivity contribution >= 4 is 5.91 Å². The minimum Gasteiger partial charge on any atom is -0.394 e. The standard InChI is InChI=1S/C52H95NO13/c1-3-5-7-9-11-13-15-16-17-18-19-20-21-22-23-24-26-27-29-31-33-35-41(56)40(53-44(57)36-34-32-30-28-25-14-12-10-8-6-4-2)39-63-51-49(62)47(60)50(43(38-55)65-51)66-52-48(61)46(59)45(58)42(37-54)64-52/h10,12,26-27,33,35,40-43,45-52,54-56,58-62H,3-9,11,13-25,28-32,34,36-39H2,1-2H3,(H,53,57)/b12-10-,27-26+,35-33+. The zero-order valence-corrected chi connectivity index (χ0v) is 40.9. The molecule has 12 atom stereocenters. The maximum absolute atomic E-state index is 13.1. The van der Waals surface area contributed by atoms with Gasteiger partial charge in [-0.1, -0.05) is 172 Å². The van der Waals surface area contributed by atoms with E-state index in [-0.39, 0.29) is 18.9 Å². The molecule has 0 radical (unpaired) electrons. The minimum absolute atomic E-state index is 0.261. The lowest BCUT2D eigenvalue weighted by Crippen LogP contribution is -2.65. The SMILES string of the molecule is CCCC/C=C\CCCCCCCC(=O)NC(COC1OC(CO)C(OC2OC(CO)C(O)C(O)C2O)C(O)C1O)C(O)/C=C/CC/C=C/CCCCCCCCCCCCCCCCC. The van der Waals surface area contributed by atoms with Crippen LogP contribution in [0.25, 0.3) is 0 Å². The summed E-state index contributed by atoms with van der Waals surface area (Å²) in [5.41, 5.74) is 0. The number of allylic oxidation sites excluding steroid dienone is 5. The molecule has 0 spiro atoms. The summed E-state index contributed by atoms with van der Waals surface area (Å²) >= 11 is 0. The molecule has 0 aromatic heterocycles. The molecule has 0 aromatic rings. The summed E-state index contributed by atoms with van der Waals surface area (Å²) in [6.07, 6.45) is 27.7. The first kappa shape index (κ1) is 60.3. The predicted molar refractivity (Wildman–Crippen MR) is 258 cm³/mol. The number of carbonyl (C=O) groups is 1. The molecule has 0 aromatic carbocycles. The number of hydrogen-bond donors (Lipinski definition) is 9. The number of aliphatic hydroxyl groups is 8. The zero-order valence-electron chi connectivity index (χ0n) is 40.9. The second-order valence-electron chi connectivity index (χ2n) is 18.6. The van der Waals surface area contributed by atoms with Gasteiger partial charge in [-0.2, -0.15) is 0 Å². The number of amides is 1. The Kier molecular flexibility index (Phi) is 35.6. The lowest BCUT2D eigenvalue weighted by molar-refractivity contribution is -0.359. The summed E-state index contributed by atoms with van der Waals surface area (Å²) in [6.45, 7) is 2.72. The van der Waals surface area contributed by atoms with E-state index in [1.807, 2.05) is 6.08 Å². The molecule has 386 valence electrons. The average molecular weight is 942 g/mol. The van der Waals surface area contributed by atoms with Gasteiger partial charge in [-0.3, -0.25) is 4.79 Å². The highest BCUT2D eigenvalue weighted by molar-refractivity contribution is 5.76. The van der Waals surface area contributed by atoms with Crippen molar-refractivity contribution in [3.8, 4) is 0 Å². The molecule has 12 unspecified atom stereocenters. The Balaban J connectivity index is 1.83. The molecule has 0 bridgehead atoms. The van der Waals surface area contributed by atoms with Gasteiger partial charge >= 0.3 is 0 Å². The summed E-state index contributed by atoms with van der Waals surface area (Å²) in [5.74, 6) is -0.261. The summed E-state index contributed by atoms with van der Waals surface area (Å²) in [6, 6.07) is -0.933. The van der Waals surface area contributed by atoms with Crippen LogP contribution in [0.2, 0.25) is 0 Å². The van der Waals surface area contributed by atoms with Crippen molar-refractivity contribution in [1.29, 1.82) is 0 Å². The molecule has 1 amide bonds. The average Bonchev–Trinajstić information content (AvgIpc) is 3.31. The van der Waals surface area contributed by atoms with Crippen molar-refractivity contribution < 1.29 is 64.6 Å². The quantitative estimate of drug-likeness (QED) is 0.0221. The van der Waals surface area contributed by atoms with Gasteiger partial charge in [-0.15, -0.1) is 0 Å². The molecule has 9 N–H and O–H groups in total. The Morgan fingerprint density at radius 1 is 0.530 bits per heavy atom. The molecule has 0 saturated carbocycles. The van der Waals surface area contributed by atoms with E-state index in [0.29, 0.717) is 12.8 Å². The fourth-order valence-electron chi connectivity index (χ4n) is 8.46. The van der Waals surface area contributed by atoms with E-state index >= 15 is 0 Å². The van der Waals surface area contributed by atoms with Crippen molar-refractivity contribution in [2.24, 2.45) is 0 Å². The number of aliphatic hydroxyl groups excluding tert-OH is 8. The van der Waals surface area contributed by atoms with E-state index in [9.17, 15) is 45.6 Å². The second kappa shape index (κ2) is 39.0. The molecular formula is C52H95NO13. The van der Waals surface area contributed by atoms with E-state index in [0.717, 1.165) is 51.4 Å². The van der Waals surface area contributed by atoms with Crippen molar-refractivity contribution in [3.05, 3.63) is 36.5 Å².